The van der Waals surface area contributed by atoms with Crippen LogP contribution in [0.1, 0.15) is 37.0 Å². The maximum absolute atomic E-state index is 13.9. The lowest BCUT2D eigenvalue weighted by Crippen LogP contribution is -2.54. The van der Waals surface area contributed by atoms with Crippen molar-refractivity contribution in [2.45, 2.75) is 57.1 Å². The van der Waals surface area contributed by atoms with Gasteiger partial charge in [-0.1, -0.05) is 78.7 Å². The normalized spacial score (nSPS) is 13.1. The Morgan fingerprint density at radius 3 is 2.21 bits per heavy atom. The molecule has 3 rings (SSSR count). The highest BCUT2D eigenvalue weighted by Gasteiger charge is 2.33. The second kappa shape index (κ2) is 13.7. The molecule has 0 aliphatic heterocycles. The molecule has 0 radical (unpaired) electrons. The highest BCUT2D eigenvalue weighted by Crippen LogP contribution is 2.20. The van der Waals surface area contributed by atoms with E-state index in [1.165, 1.54) is 36.2 Å². The third-order valence-corrected chi connectivity index (χ3v) is 8.66. The van der Waals surface area contributed by atoms with Gasteiger partial charge in [0.05, 0.1) is 11.4 Å². The molecule has 39 heavy (non-hydrogen) atoms. The Bertz CT molecular complexity index is 1360. The predicted octanol–water partition coefficient (Wildman–Crippen LogP) is 4.82. The first-order chi connectivity index (χ1) is 18.5. The van der Waals surface area contributed by atoms with E-state index in [2.05, 4.69) is 5.32 Å². The number of carbonyl (C=O) groups is 2. The summed E-state index contributed by atoms with van der Waals surface area (Å²) in [6.45, 7) is 5.57. The van der Waals surface area contributed by atoms with E-state index in [9.17, 15) is 18.0 Å². The monoisotopic (exact) mass is 569 g/mol. The molecule has 0 heterocycles. The minimum absolute atomic E-state index is 0.0304. The van der Waals surface area contributed by atoms with Gasteiger partial charge in [-0.25, -0.2) is 8.42 Å². The number of amides is 2. The molecular weight excluding hydrogens is 534 g/mol. The van der Waals surface area contributed by atoms with E-state index >= 15 is 0 Å². The number of nitrogens with zero attached hydrogens (tertiary/aromatic N) is 2. The molecule has 2 unspecified atom stereocenters. The molecule has 0 bridgehead atoms. The van der Waals surface area contributed by atoms with Crippen molar-refractivity contribution in [1.82, 2.24) is 14.5 Å². The molecule has 0 aromatic heterocycles. The first-order valence-electron chi connectivity index (χ1n) is 12.9. The number of aryl methyl sites for hydroxylation is 1. The number of rotatable bonds is 12. The molecule has 3 aromatic carbocycles. The molecule has 1 N–H and O–H groups in total. The zero-order valence-electron chi connectivity index (χ0n) is 22.8. The van der Waals surface area contributed by atoms with Crippen LogP contribution in [0.4, 0.5) is 0 Å². The van der Waals surface area contributed by atoms with Crippen molar-refractivity contribution in [3.8, 4) is 0 Å². The molecule has 2 atom stereocenters. The third kappa shape index (κ3) is 8.39. The van der Waals surface area contributed by atoms with Gasteiger partial charge in [-0.15, -0.1) is 0 Å². The maximum Gasteiger partial charge on any atom is 0.243 e. The maximum atomic E-state index is 13.9. The summed E-state index contributed by atoms with van der Waals surface area (Å²) in [5.74, 6) is -0.755. The number of nitrogens with one attached hydrogen (secondary N) is 1. The van der Waals surface area contributed by atoms with Gasteiger partial charge in [-0.2, -0.15) is 4.31 Å². The lowest BCUT2D eigenvalue weighted by atomic mass is 10.0. The van der Waals surface area contributed by atoms with E-state index < -0.39 is 28.5 Å². The lowest BCUT2D eigenvalue weighted by molar-refractivity contribution is -0.141. The van der Waals surface area contributed by atoms with Crippen LogP contribution in [0.5, 0.6) is 0 Å². The van der Waals surface area contributed by atoms with Crippen molar-refractivity contribution >= 4 is 33.4 Å². The fourth-order valence-corrected chi connectivity index (χ4v) is 5.40. The van der Waals surface area contributed by atoms with E-state index in [4.69, 9.17) is 11.6 Å². The van der Waals surface area contributed by atoms with E-state index in [1.807, 2.05) is 75.4 Å². The highest BCUT2D eigenvalue weighted by atomic mass is 35.5. The van der Waals surface area contributed by atoms with Gasteiger partial charge in [-0.3, -0.25) is 9.59 Å². The molecule has 0 aliphatic rings. The first-order valence-corrected chi connectivity index (χ1v) is 14.7. The summed E-state index contributed by atoms with van der Waals surface area (Å²) >= 11 is 5.93. The third-order valence-electron chi connectivity index (χ3n) is 6.59. The molecule has 7 nitrogen and oxygen atoms in total. The van der Waals surface area contributed by atoms with Gasteiger partial charge in [-0.05, 0) is 55.7 Å². The molecule has 0 saturated heterocycles. The molecule has 0 aliphatic carbocycles. The van der Waals surface area contributed by atoms with Gasteiger partial charge in [0.2, 0.25) is 21.8 Å². The topological polar surface area (TPSA) is 86.8 Å². The number of carbonyl (C=O) groups excluding carboxylic acids is 2. The number of hydrogen-bond acceptors (Lipinski definition) is 4. The molecular formula is C30H36ClN3O4S. The summed E-state index contributed by atoms with van der Waals surface area (Å²) < 4.78 is 27.4. The molecule has 0 spiro atoms. The van der Waals surface area contributed by atoms with Crippen LogP contribution >= 0.6 is 11.6 Å². The van der Waals surface area contributed by atoms with Crippen LogP contribution in [0, 0.1) is 6.92 Å². The van der Waals surface area contributed by atoms with Crippen LogP contribution in [0.15, 0.2) is 83.8 Å². The fourth-order valence-electron chi connectivity index (χ4n) is 4.16. The summed E-state index contributed by atoms with van der Waals surface area (Å²) in [5.41, 5.74) is 2.76. The van der Waals surface area contributed by atoms with Crippen molar-refractivity contribution in [1.29, 1.82) is 0 Å². The van der Waals surface area contributed by atoms with E-state index in [0.717, 1.165) is 27.4 Å². The largest absolute Gasteiger partial charge is 0.352 e. The van der Waals surface area contributed by atoms with Gasteiger partial charge < -0.3 is 10.2 Å². The fraction of sp³-hybridized carbons (Fsp3) is 0.333. The SMILES string of the molecule is CCC(C)NC(=O)C(Cc1ccccc1)N(Cc1cccc(C)c1)C(=O)CN(C)S(=O)(=O)c1ccc(Cl)cc1. The Balaban J connectivity index is 1.98. The Morgan fingerprint density at radius 2 is 1.59 bits per heavy atom. The van der Waals surface area contributed by atoms with Crippen molar-refractivity contribution in [2.24, 2.45) is 0 Å². The number of likely N-dealkylation sites (N-methyl/N-ethyl adjacent to an activating group) is 1. The average molecular weight is 570 g/mol. The summed E-state index contributed by atoms with van der Waals surface area (Å²) in [6.07, 6.45) is 1.02. The van der Waals surface area contributed by atoms with Crippen molar-refractivity contribution < 1.29 is 18.0 Å². The smallest absolute Gasteiger partial charge is 0.243 e. The van der Waals surface area contributed by atoms with Crippen molar-refractivity contribution in [3.63, 3.8) is 0 Å². The van der Waals surface area contributed by atoms with E-state index in [0.29, 0.717) is 5.02 Å². The van der Waals surface area contributed by atoms with Crippen LogP contribution in [0.25, 0.3) is 0 Å². The second-order valence-electron chi connectivity index (χ2n) is 9.75. The number of benzene rings is 3. The molecule has 208 valence electrons. The molecule has 2 amide bonds. The van der Waals surface area contributed by atoms with Crippen LogP contribution < -0.4 is 5.32 Å². The van der Waals surface area contributed by atoms with Crippen LogP contribution in [0.2, 0.25) is 5.02 Å². The number of sulfonamides is 1. The van der Waals surface area contributed by atoms with Crippen LogP contribution in [0.3, 0.4) is 0 Å². The Labute approximate surface area is 236 Å². The first kappa shape index (κ1) is 30.3. The van der Waals surface area contributed by atoms with Gasteiger partial charge in [0.15, 0.2) is 0 Å². The Kier molecular flexibility index (Phi) is 10.7. The molecule has 0 saturated carbocycles. The van der Waals surface area contributed by atoms with Gasteiger partial charge in [0.1, 0.15) is 6.04 Å². The molecule has 3 aromatic rings. The average Bonchev–Trinajstić information content (AvgIpc) is 2.91. The van der Waals surface area contributed by atoms with E-state index in [1.54, 1.807) is 0 Å². The summed E-state index contributed by atoms with van der Waals surface area (Å²) in [7, 11) is -2.61. The summed E-state index contributed by atoms with van der Waals surface area (Å²) in [5, 5.41) is 3.43. The van der Waals surface area contributed by atoms with Gasteiger partial charge in [0, 0.05) is 31.1 Å². The minimum atomic E-state index is -3.97. The lowest BCUT2D eigenvalue weighted by Gasteiger charge is -2.33. The van der Waals surface area contributed by atoms with E-state index in [-0.39, 0.29) is 29.8 Å². The highest BCUT2D eigenvalue weighted by molar-refractivity contribution is 7.89. The zero-order chi connectivity index (χ0) is 28.6. The minimum Gasteiger partial charge on any atom is -0.352 e. The van der Waals surface area contributed by atoms with Crippen LogP contribution in [-0.4, -0.2) is 55.1 Å². The molecule has 9 heteroatoms. The van der Waals surface area contributed by atoms with Crippen molar-refractivity contribution in [2.75, 3.05) is 13.6 Å². The van der Waals surface area contributed by atoms with Crippen LogP contribution in [-0.2, 0) is 32.6 Å². The second-order valence-corrected chi connectivity index (χ2v) is 12.2. The van der Waals surface area contributed by atoms with Crippen molar-refractivity contribution in [3.05, 3.63) is 101 Å². The Morgan fingerprint density at radius 1 is 0.949 bits per heavy atom. The number of hydrogen-bond donors (Lipinski definition) is 1. The standard InChI is InChI=1S/C30H36ClN3O4S/c1-5-23(3)32-30(36)28(19-24-11-7-6-8-12-24)34(20-25-13-9-10-22(2)18-25)29(35)21-33(4)39(37,38)27-16-14-26(31)15-17-27/h6-18,23,28H,5,19-21H2,1-4H3,(H,32,36). The quantitative estimate of drug-likeness (QED) is 0.339. The summed E-state index contributed by atoms with van der Waals surface area (Å²) in [6, 6.07) is 22.1. The Hall–Kier alpha value is -3.20. The summed E-state index contributed by atoms with van der Waals surface area (Å²) in [4.78, 5) is 29.0. The number of halogens is 1. The predicted molar refractivity (Wildman–Crippen MR) is 155 cm³/mol. The molecule has 0 fully saturated rings. The van der Waals surface area contributed by atoms with Gasteiger partial charge in [0.25, 0.3) is 0 Å². The van der Waals surface area contributed by atoms with Gasteiger partial charge >= 0.3 is 0 Å². The zero-order valence-corrected chi connectivity index (χ0v) is 24.4.